The number of carboxylic acid groups (broad SMARTS) is 1. The van der Waals surface area contributed by atoms with Crippen LogP contribution in [0.5, 0.6) is 5.88 Å². The highest BCUT2D eigenvalue weighted by atomic mass is 35.5. The van der Waals surface area contributed by atoms with E-state index in [1.807, 2.05) is 0 Å². The van der Waals surface area contributed by atoms with Crippen LogP contribution in [0.1, 0.15) is 30.1 Å². The molecule has 1 aromatic rings. The molecule has 6 nitrogen and oxygen atoms in total. The molecule has 1 aromatic heterocycles. The fraction of sp³-hybridized carbons (Fsp3) is 0.357. The fourth-order valence-corrected chi connectivity index (χ4v) is 1.80. The van der Waals surface area contributed by atoms with Crippen molar-refractivity contribution in [3.8, 4) is 5.88 Å². The van der Waals surface area contributed by atoms with Gasteiger partial charge in [0.1, 0.15) is 11.1 Å². The summed E-state index contributed by atoms with van der Waals surface area (Å²) in [7, 11) is 0. The molecule has 0 radical (unpaired) electrons. The van der Waals surface area contributed by atoms with Gasteiger partial charge in [0, 0.05) is 6.20 Å². The van der Waals surface area contributed by atoms with Gasteiger partial charge >= 0.3 is 5.97 Å². The van der Waals surface area contributed by atoms with Gasteiger partial charge in [-0.25, -0.2) is 9.78 Å². The van der Waals surface area contributed by atoms with E-state index < -0.39 is 17.9 Å². The lowest BCUT2D eigenvalue weighted by Gasteiger charge is -2.14. The van der Waals surface area contributed by atoms with Crippen molar-refractivity contribution in [3.63, 3.8) is 0 Å². The van der Waals surface area contributed by atoms with Crippen LogP contribution >= 0.6 is 11.6 Å². The van der Waals surface area contributed by atoms with Crippen LogP contribution in [0.4, 0.5) is 0 Å². The monoisotopic (exact) mass is 312 g/mol. The molecule has 0 aromatic carbocycles. The number of rotatable bonds is 8. The average Bonchev–Trinajstić information content (AvgIpc) is 2.45. The Labute approximate surface area is 127 Å². The number of aliphatic carboxylic acids is 1. The standard InChI is InChI=1S/C14H17ClN2O4/c1-3-5-6-11(14(19)20)17-12(18)9-7-10(15)13(16-8-9)21-4-2/h3,7-8,11H,1,4-6H2,2H3,(H,17,18)(H,19,20). The van der Waals surface area contributed by atoms with Crippen LogP contribution < -0.4 is 10.1 Å². The van der Waals surface area contributed by atoms with E-state index in [1.165, 1.54) is 12.3 Å². The molecule has 21 heavy (non-hydrogen) atoms. The lowest BCUT2D eigenvalue weighted by Crippen LogP contribution is -2.40. The largest absolute Gasteiger partial charge is 0.480 e. The van der Waals surface area contributed by atoms with Crippen LogP contribution in [0.25, 0.3) is 0 Å². The number of carbonyl (C=O) groups excluding carboxylic acids is 1. The summed E-state index contributed by atoms with van der Waals surface area (Å²) in [5, 5.41) is 11.7. The van der Waals surface area contributed by atoms with Crippen molar-refractivity contribution in [2.45, 2.75) is 25.8 Å². The number of nitrogens with one attached hydrogen (secondary N) is 1. The maximum absolute atomic E-state index is 12.0. The van der Waals surface area contributed by atoms with Crippen molar-refractivity contribution in [1.29, 1.82) is 0 Å². The van der Waals surface area contributed by atoms with Crippen molar-refractivity contribution < 1.29 is 19.4 Å². The minimum absolute atomic E-state index is 0.174. The van der Waals surface area contributed by atoms with Gasteiger partial charge < -0.3 is 15.2 Å². The second-order valence-electron chi connectivity index (χ2n) is 4.17. The Kier molecular flexibility index (Phi) is 6.68. The molecule has 0 bridgehead atoms. The fourth-order valence-electron chi connectivity index (χ4n) is 1.58. The van der Waals surface area contributed by atoms with E-state index in [0.29, 0.717) is 13.0 Å². The number of hydrogen-bond donors (Lipinski definition) is 2. The summed E-state index contributed by atoms with van der Waals surface area (Å²) in [5.74, 6) is -1.42. The highest BCUT2D eigenvalue weighted by Crippen LogP contribution is 2.22. The molecule has 1 heterocycles. The third-order valence-electron chi connectivity index (χ3n) is 2.61. The van der Waals surface area contributed by atoms with Crippen LogP contribution in [-0.4, -0.2) is 34.6 Å². The van der Waals surface area contributed by atoms with E-state index in [2.05, 4.69) is 16.9 Å². The summed E-state index contributed by atoms with van der Waals surface area (Å²) in [5.41, 5.74) is 0.174. The zero-order valence-corrected chi connectivity index (χ0v) is 12.4. The predicted octanol–water partition coefficient (Wildman–Crippen LogP) is 2.28. The third-order valence-corrected chi connectivity index (χ3v) is 2.88. The van der Waals surface area contributed by atoms with Crippen LogP contribution in [0.2, 0.25) is 5.02 Å². The first-order chi connectivity index (χ1) is 9.99. The van der Waals surface area contributed by atoms with Crippen molar-refractivity contribution in [2.75, 3.05) is 6.61 Å². The SMILES string of the molecule is C=CCCC(NC(=O)c1cnc(OCC)c(Cl)c1)C(=O)O. The number of halogens is 1. The van der Waals surface area contributed by atoms with Crippen LogP contribution in [0.15, 0.2) is 24.9 Å². The van der Waals surface area contributed by atoms with Gasteiger partial charge in [-0.05, 0) is 25.8 Å². The number of pyridine rings is 1. The number of amides is 1. The Morgan fingerprint density at radius 1 is 1.62 bits per heavy atom. The van der Waals surface area contributed by atoms with E-state index >= 15 is 0 Å². The van der Waals surface area contributed by atoms with Crippen LogP contribution in [0, 0.1) is 0 Å². The van der Waals surface area contributed by atoms with Crippen molar-refractivity contribution >= 4 is 23.5 Å². The van der Waals surface area contributed by atoms with Gasteiger partial charge in [0.2, 0.25) is 5.88 Å². The summed E-state index contributed by atoms with van der Waals surface area (Å²) in [6.45, 7) is 5.71. The zero-order chi connectivity index (χ0) is 15.8. The normalized spacial score (nSPS) is 11.5. The maximum atomic E-state index is 12.0. The molecule has 0 aliphatic carbocycles. The van der Waals surface area contributed by atoms with Gasteiger partial charge in [-0.1, -0.05) is 17.7 Å². The van der Waals surface area contributed by atoms with E-state index in [9.17, 15) is 9.59 Å². The molecule has 114 valence electrons. The minimum Gasteiger partial charge on any atom is -0.480 e. The third kappa shape index (κ3) is 5.07. The number of nitrogens with zero attached hydrogens (tertiary/aromatic N) is 1. The Balaban J connectivity index is 2.80. The van der Waals surface area contributed by atoms with E-state index in [4.69, 9.17) is 21.4 Å². The molecule has 1 amide bonds. The Morgan fingerprint density at radius 2 is 2.33 bits per heavy atom. The molecule has 0 aliphatic heterocycles. The molecular formula is C14H17ClN2O4. The zero-order valence-electron chi connectivity index (χ0n) is 11.6. The lowest BCUT2D eigenvalue weighted by molar-refractivity contribution is -0.139. The van der Waals surface area contributed by atoms with Gasteiger partial charge in [0.25, 0.3) is 5.91 Å². The summed E-state index contributed by atoms with van der Waals surface area (Å²) < 4.78 is 5.16. The molecule has 7 heteroatoms. The minimum atomic E-state index is -1.10. The first kappa shape index (κ1) is 17.0. The molecule has 1 atom stereocenters. The molecular weight excluding hydrogens is 296 g/mol. The Hall–Kier alpha value is -2.08. The predicted molar refractivity (Wildman–Crippen MR) is 78.7 cm³/mol. The Morgan fingerprint density at radius 3 is 2.86 bits per heavy atom. The lowest BCUT2D eigenvalue weighted by atomic mass is 10.1. The summed E-state index contributed by atoms with van der Waals surface area (Å²) in [6.07, 6.45) is 3.64. The quantitative estimate of drug-likeness (QED) is 0.719. The Bertz CT molecular complexity index is 534. The topological polar surface area (TPSA) is 88.5 Å². The van der Waals surface area contributed by atoms with E-state index in [-0.39, 0.29) is 22.9 Å². The second-order valence-corrected chi connectivity index (χ2v) is 4.58. The molecule has 1 rings (SSSR count). The molecule has 0 saturated carbocycles. The van der Waals surface area contributed by atoms with Crippen molar-refractivity contribution in [1.82, 2.24) is 10.3 Å². The van der Waals surface area contributed by atoms with Crippen LogP contribution in [0.3, 0.4) is 0 Å². The molecule has 0 saturated heterocycles. The smallest absolute Gasteiger partial charge is 0.326 e. The number of hydrogen-bond acceptors (Lipinski definition) is 4. The van der Waals surface area contributed by atoms with Crippen molar-refractivity contribution in [2.24, 2.45) is 0 Å². The molecule has 0 fully saturated rings. The van der Waals surface area contributed by atoms with Gasteiger partial charge in [-0.2, -0.15) is 0 Å². The van der Waals surface area contributed by atoms with Gasteiger partial charge in [0.05, 0.1) is 12.2 Å². The number of aromatic nitrogens is 1. The van der Waals surface area contributed by atoms with Gasteiger partial charge in [0.15, 0.2) is 0 Å². The number of allylic oxidation sites excluding steroid dienone is 1. The van der Waals surface area contributed by atoms with Crippen LogP contribution in [-0.2, 0) is 4.79 Å². The molecule has 2 N–H and O–H groups in total. The molecule has 0 aliphatic rings. The maximum Gasteiger partial charge on any atom is 0.326 e. The average molecular weight is 313 g/mol. The van der Waals surface area contributed by atoms with Crippen molar-refractivity contribution in [3.05, 3.63) is 35.5 Å². The number of carbonyl (C=O) groups is 2. The van der Waals surface area contributed by atoms with Gasteiger partial charge in [-0.3, -0.25) is 4.79 Å². The summed E-state index contributed by atoms with van der Waals surface area (Å²) in [4.78, 5) is 27.0. The summed E-state index contributed by atoms with van der Waals surface area (Å²) in [6, 6.07) is 0.405. The highest BCUT2D eigenvalue weighted by Gasteiger charge is 2.20. The highest BCUT2D eigenvalue weighted by molar-refractivity contribution is 6.32. The number of ether oxygens (including phenoxy) is 1. The van der Waals surface area contributed by atoms with E-state index in [0.717, 1.165) is 0 Å². The first-order valence-corrected chi connectivity index (χ1v) is 6.80. The first-order valence-electron chi connectivity index (χ1n) is 6.42. The summed E-state index contributed by atoms with van der Waals surface area (Å²) >= 11 is 5.94. The number of carboxylic acids is 1. The molecule has 0 spiro atoms. The second kappa shape index (κ2) is 8.26. The van der Waals surface area contributed by atoms with Gasteiger partial charge in [-0.15, -0.1) is 6.58 Å². The van der Waals surface area contributed by atoms with E-state index in [1.54, 1.807) is 13.0 Å². The molecule has 1 unspecified atom stereocenters.